The number of H-pyrrole nitrogens is 1. The molecule has 0 amide bonds. The molecule has 0 spiro atoms. The van der Waals surface area contributed by atoms with Gasteiger partial charge in [0.25, 0.3) is 0 Å². The van der Waals surface area contributed by atoms with E-state index in [9.17, 15) is 0 Å². The number of aromatic amines is 1. The van der Waals surface area contributed by atoms with Crippen LogP contribution in [0.2, 0.25) is 0 Å². The molecule has 21 heavy (non-hydrogen) atoms. The van der Waals surface area contributed by atoms with Crippen molar-refractivity contribution in [1.82, 2.24) is 15.3 Å². The van der Waals surface area contributed by atoms with Crippen molar-refractivity contribution in [2.45, 2.75) is 38.5 Å². The van der Waals surface area contributed by atoms with E-state index in [2.05, 4.69) is 47.6 Å². The predicted octanol–water partition coefficient (Wildman–Crippen LogP) is 3.45. The Morgan fingerprint density at radius 3 is 2.52 bits per heavy atom. The molecule has 3 nitrogen and oxygen atoms in total. The summed E-state index contributed by atoms with van der Waals surface area (Å²) in [4.78, 5) is 8.46. The van der Waals surface area contributed by atoms with Gasteiger partial charge in [-0.05, 0) is 37.9 Å². The minimum atomic E-state index is 0. The second-order valence-corrected chi connectivity index (χ2v) is 5.59. The van der Waals surface area contributed by atoms with Crippen LogP contribution in [0.3, 0.4) is 0 Å². The third-order valence-corrected chi connectivity index (χ3v) is 4.15. The third kappa shape index (κ3) is 3.86. The van der Waals surface area contributed by atoms with Crippen LogP contribution >= 0.6 is 12.4 Å². The Morgan fingerprint density at radius 1 is 1.14 bits per heavy atom. The quantitative estimate of drug-likeness (QED) is 0.908. The van der Waals surface area contributed by atoms with Crippen molar-refractivity contribution in [3.63, 3.8) is 0 Å². The monoisotopic (exact) mass is 305 g/mol. The molecule has 3 rings (SSSR count). The molecule has 1 fully saturated rings. The first-order valence-electron chi connectivity index (χ1n) is 7.69. The minimum Gasteiger partial charge on any atom is -0.345 e. The highest BCUT2D eigenvalue weighted by Gasteiger charge is 2.21. The molecule has 1 aromatic carbocycles. The average Bonchev–Trinajstić information content (AvgIpc) is 2.92. The highest BCUT2D eigenvalue weighted by atomic mass is 35.5. The van der Waals surface area contributed by atoms with Crippen molar-refractivity contribution in [2.75, 3.05) is 13.1 Å². The zero-order valence-corrected chi connectivity index (χ0v) is 13.4. The molecule has 0 bridgehead atoms. The van der Waals surface area contributed by atoms with E-state index in [0.717, 1.165) is 31.8 Å². The number of rotatable bonds is 4. The van der Waals surface area contributed by atoms with Gasteiger partial charge in [-0.3, -0.25) is 0 Å². The minimum absolute atomic E-state index is 0. The highest BCUT2D eigenvalue weighted by Crippen LogP contribution is 2.27. The van der Waals surface area contributed by atoms with Crippen molar-refractivity contribution in [3.05, 3.63) is 53.1 Å². The number of imidazole rings is 1. The molecular formula is C17H24ClN3. The smallest absolute Gasteiger partial charge is 0.111 e. The Morgan fingerprint density at radius 2 is 1.86 bits per heavy atom. The largest absolute Gasteiger partial charge is 0.345 e. The van der Waals surface area contributed by atoms with Gasteiger partial charge in [-0.1, -0.05) is 37.3 Å². The van der Waals surface area contributed by atoms with Gasteiger partial charge in [0.05, 0.1) is 5.69 Å². The molecule has 1 aliphatic rings. The lowest BCUT2D eigenvalue weighted by Crippen LogP contribution is -2.27. The van der Waals surface area contributed by atoms with Gasteiger partial charge < -0.3 is 10.3 Å². The lowest BCUT2D eigenvalue weighted by Gasteiger charge is -2.21. The number of hydrogen-bond donors (Lipinski definition) is 2. The normalized spacial score (nSPS) is 15.7. The Bertz CT molecular complexity index is 544. The van der Waals surface area contributed by atoms with Gasteiger partial charge in [0.15, 0.2) is 0 Å². The summed E-state index contributed by atoms with van der Waals surface area (Å²) >= 11 is 0. The second kappa shape index (κ2) is 7.62. The summed E-state index contributed by atoms with van der Waals surface area (Å²) in [6.45, 7) is 4.45. The topological polar surface area (TPSA) is 40.7 Å². The summed E-state index contributed by atoms with van der Waals surface area (Å²) in [5, 5.41) is 3.43. The summed E-state index contributed by atoms with van der Waals surface area (Å²) in [5.74, 6) is 1.74. The van der Waals surface area contributed by atoms with Crippen LogP contribution in [0.4, 0.5) is 0 Å². The molecule has 0 saturated carbocycles. The lowest BCUT2D eigenvalue weighted by molar-refractivity contribution is 0.452. The van der Waals surface area contributed by atoms with E-state index in [4.69, 9.17) is 4.98 Å². The molecule has 0 unspecified atom stereocenters. The van der Waals surface area contributed by atoms with Gasteiger partial charge in [-0.2, -0.15) is 0 Å². The van der Waals surface area contributed by atoms with Gasteiger partial charge >= 0.3 is 0 Å². The van der Waals surface area contributed by atoms with E-state index >= 15 is 0 Å². The Hall–Kier alpha value is -1.32. The maximum Gasteiger partial charge on any atom is 0.111 e. The molecule has 1 saturated heterocycles. The molecule has 1 aliphatic heterocycles. The summed E-state index contributed by atoms with van der Waals surface area (Å²) < 4.78 is 0. The molecule has 2 N–H and O–H groups in total. The number of hydrogen-bond acceptors (Lipinski definition) is 2. The fourth-order valence-corrected chi connectivity index (χ4v) is 3.05. The summed E-state index contributed by atoms with van der Waals surface area (Å²) in [6, 6.07) is 10.6. The van der Waals surface area contributed by atoms with Crippen molar-refractivity contribution in [1.29, 1.82) is 0 Å². The van der Waals surface area contributed by atoms with Gasteiger partial charge in [0.1, 0.15) is 5.82 Å². The SMILES string of the molecule is CCc1[nH]c(Cc2ccccc2)nc1C1CCNCC1.Cl. The third-order valence-electron chi connectivity index (χ3n) is 4.15. The maximum atomic E-state index is 4.92. The first-order chi connectivity index (χ1) is 9.86. The molecule has 0 aliphatic carbocycles. The fourth-order valence-electron chi connectivity index (χ4n) is 3.05. The maximum absolute atomic E-state index is 4.92. The highest BCUT2D eigenvalue weighted by molar-refractivity contribution is 5.85. The molecular weight excluding hydrogens is 282 g/mol. The summed E-state index contributed by atoms with van der Waals surface area (Å²) in [6.07, 6.45) is 4.37. The molecule has 2 heterocycles. The van der Waals surface area contributed by atoms with Crippen molar-refractivity contribution in [3.8, 4) is 0 Å². The first kappa shape index (κ1) is 16.1. The van der Waals surface area contributed by atoms with E-state index in [1.165, 1.54) is 29.8 Å². The van der Waals surface area contributed by atoms with Gasteiger partial charge in [0.2, 0.25) is 0 Å². The fraction of sp³-hybridized carbons (Fsp3) is 0.471. The van der Waals surface area contributed by atoms with E-state index < -0.39 is 0 Å². The van der Waals surface area contributed by atoms with Gasteiger partial charge in [-0.25, -0.2) is 4.98 Å². The zero-order valence-electron chi connectivity index (χ0n) is 12.6. The Balaban J connectivity index is 0.00000161. The van der Waals surface area contributed by atoms with E-state index in [-0.39, 0.29) is 12.4 Å². The lowest BCUT2D eigenvalue weighted by atomic mass is 9.93. The molecule has 114 valence electrons. The molecule has 1 aromatic heterocycles. The van der Waals surface area contributed by atoms with Gasteiger partial charge in [0, 0.05) is 18.0 Å². The van der Waals surface area contributed by atoms with E-state index in [0.29, 0.717) is 5.92 Å². The molecule has 4 heteroatoms. The first-order valence-corrected chi connectivity index (χ1v) is 7.69. The zero-order chi connectivity index (χ0) is 13.8. The number of nitrogens with one attached hydrogen (secondary N) is 2. The number of nitrogens with zero attached hydrogens (tertiary/aromatic N) is 1. The second-order valence-electron chi connectivity index (χ2n) is 5.59. The van der Waals surface area contributed by atoms with Crippen LogP contribution in [0.15, 0.2) is 30.3 Å². The number of halogens is 1. The van der Waals surface area contributed by atoms with Crippen molar-refractivity contribution < 1.29 is 0 Å². The Kier molecular flexibility index (Phi) is 5.83. The molecule has 0 atom stereocenters. The van der Waals surface area contributed by atoms with Crippen LogP contribution in [0.25, 0.3) is 0 Å². The number of piperidine rings is 1. The van der Waals surface area contributed by atoms with Crippen LogP contribution in [0.5, 0.6) is 0 Å². The summed E-state index contributed by atoms with van der Waals surface area (Å²) in [7, 11) is 0. The van der Waals surface area contributed by atoms with Crippen LogP contribution in [0, 0.1) is 0 Å². The summed E-state index contributed by atoms with van der Waals surface area (Å²) in [5.41, 5.74) is 3.98. The van der Waals surface area contributed by atoms with Crippen LogP contribution in [0.1, 0.15) is 48.5 Å². The van der Waals surface area contributed by atoms with Crippen molar-refractivity contribution >= 4 is 12.4 Å². The average molecular weight is 306 g/mol. The van der Waals surface area contributed by atoms with E-state index in [1.807, 2.05) is 0 Å². The standard InChI is InChI=1S/C17H23N3.ClH/c1-2-15-17(14-8-10-18-11-9-14)20-16(19-15)12-13-6-4-3-5-7-13;/h3-7,14,18H,2,8-12H2,1H3,(H,19,20);1H. The predicted molar refractivity (Wildman–Crippen MR) is 89.3 cm³/mol. The molecule has 2 aromatic rings. The van der Waals surface area contributed by atoms with E-state index in [1.54, 1.807) is 0 Å². The van der Waals surface area contributed by atoms with Crippen LogP contribution < -0.4 is 5.32 Å². The van der Waals surface area contributed by atoms with Crippen molar-refractivity contribution in [2.24, 2.45) is 0 Å². The number of benzene rings is 1. The van der Waals surface area contributed by atoms with Crippen LogP contribution in [-0.2, 0) is 12.8 Å². The number of aryl methyl sites for hydroxylation is 1. The Labute approximate surface area is 133 Å². The molecule has 0 radical (unpaired) electrons. The van der Waals surface area contributed by atoms with Gasteiger partial charge in [-0.15, -0.1) is 12.4 Å². The number of aromatic nitrogens is 2. The van der Waals surface area contributed by atoms with Crippen LogP contribution in [-0.4, -0.2) is 23.1 Å².